The summed E-state index contributed by atoms with van der Waals surface area (Å²) in [6.45, 7) is 5.20. The molecule has 0 bridgehead atoms. The second kappa shape index (κ2) is 8.51. The van der Waals surface area contributed by atoms with Gasteiger partial charge in [-0.2, -0.15) is 0 Å². The first-order valence-electron chi connectivity index (χ1n) is 6.54. The Morgan fingerprint density at radius 2 is 1.95 bits per heavy atom. The van der Waals surface area contributed by atoms with Crippen molar-refractivity contribution < 1.29 is 13.9 Å². The monoisotopic (exact) mass is 289 g/mol. The fourth-order valence-electron chi connectivity index (χ4n) is 1.68. The van der Waals surface area contributed by atoms with Gasteiger partial charge in [0, 0.05) is 18.4 Å². The predicted octanol–water partition coefficient (Wildman–Crippen LogP) is 3.33. The van der Waals surface area contributed by atoms with Gasteiger partial charge in [-0.3, -0.25) is 0 Å². The van der Waals surface area contributed by atoms with Crippen LogP contribution in [0.5, 0.6) is 0 Å². The first-order valence-corrected chi connectivity index (χ1v) is 7.42. The van der Waals surface area contributed by atoms with Crippen LogP contribution in [-0.2, 0) is 6.54 Å². The van der Waals surface area contributed by atoms with Crippen molar-refractivity contribution in [3.63, 3.8) is 0 Å². The second-order valence-electron chi connectivity index (χ2n) is 4.51. The summed E-state index contributed by atoms with van der Waals surface area (Å²) in [5.74, 6) is -1.05. The van der Waals surface area contributed by atoms with E-state index in [1.807, 2.05) is 13.8 Å². The Bertz CT molecular complexity index is 378. The summed E-state index contributed by atoms with van der Waals surface area (Å²) in [6, 6.07) is 2.75. The summed E-state index contributed by atoms with van der Waals surface area (Å²) in [6.07, 6.45) is 1.50. The first kappa shape index (κ1) is 16.4. The maximum atomic E-state index is 13.9. The molecule has 0 amide bonds. The first-order chi connectivity index (χ1) is 9.08. The Labute approximate surface area is 117 Å². The zero-order valence-corrected chi connectivity index (χ0v) is 12.2. The van der Waals surface area contributed by atoms with E-state index in [-0.39, 0.29) is 16.8 Å². The topological polar surface area (TPSA) is 32.3 Å². The molecule has 1 aromatic carbocycles. The molecule has 19 heavy (non-hydrogen) atoms. The van der Waals surface area contributed by atoms with Gasteiger partial charge >= 0.3 is 0 Å². The zero-order chi connectivity index (χ0) is 14.3. The van der Waals surface area contributed by atoms with Crippen LogP contribution in [-0.4, -0.2) is 23.5 Å². The molecule has 1 rings (SSSR count). The maximum Gasteiger partial charge on any atom is 0.140 e. The zero-order valence-electron chi connectivity index (χ0n) is 11.4. The van der Waals surface area contributed by atoms with Crippen molar-refractivity contribution >= 4 is 11.8 Å². The molecule has 0 saturated heterocycles. The summed E-state index contributed by atoms with van der Waals surface area (Å²) in [5.41, 5.74) is 0.614. The Hall–Kier alpha value is -0.650. The van der Waals surface area contributed by atoms with Crippen LogP contribution in [0.4, 0.5) is 8.78 Å². The van der Waals surface area contributed by atoms with Crippen LogP contribution in [0.15, 0.2) is 17.0 Å². The van der Waals surface area contributed by atoms with Crippen LogP contribution < -0.4 is 5.32 Å². The van der Waals surface area contributed by atoms with Crippen molar-refractivity contribution in [3.8, 4) is 0 Å². The summed E-state index contributed by atoms with van der Waals surface area (Å²) >= 11 is 1.13. The maximum absolute atomic E-state index is 13.9. The Balaban J connectivity index is 2.73. The lowest BCUT2D eigenvalue weighted by molar-refractivity contribution is 0.289. The molecule has 0 aliphatic rings. The third-order valence-corrected chi connectivity index (χ3v) is 3.93. The van der Waals surface area contributed by atoms with Gasteiger partial charge in [-0.25, -0.2) is 8.78 Å². The summed E-state index contributed by atoms with van der Waals surface area (Å²) in [5, 5.41) is 11.9. The van der Waals surface area contributed by atoms with Crippen molar-refractivity contribution in [2.45, 2.75) is 43.4 Å². The van der Waals surface area contributed by atoms with Crippen molar-refractivity contribution in [2.75, 3.05) is 13.2 Å². The molecule has 2 N–H and O–H groups in total. The van der Waals surface area contributed by atoms with Crippen LogP contribution in [0, 0.1) is 11.6 Å². The Morgan fingerprint density at radius 3 is 2.47 bits per heavy atom. The van der Waals surface area contributed by atoms with Gasteiger partial charge in [-0.1, -0.05) is 13.8 Å². The smallest absolute Gasteiger partial charge is 0.140 e. The minimum Gasteiger partial charge on any atom is -0.396 e. The van der Waals surface area contributed by atoms with E-state index in [0.29, 0.717) is 18.5 Å². The molecule has 0 aliphatic carbocycles. The molecule has 1 aromatic rings. The van der Waals surface area contributed by atoms with Crippen molar-refractivity contribution in [1.82, 2.24) is 5.32 Å². The van der Waals surface area contributed by atoms with Gasteiger partial charge in [-0.15, -0.1) is 11.8 Å². The van der Waals surface area contributed by atoms with E-state index in [1.54, 1.807) is 0 Å². The summed E-state index contributed by atoms with van der Waals surface area (Å²) in [7, 11) is 0. The van der Waals surface area contributed by atoms with Gasteiger partial charge in [0.1, 0.15) is 11.6 Å². The normalized spacial score (nSPS) is 12.7. The van der Waals surface area contributed by atoms with E-state index in [0.717, 1.165) is 24.7 Å². The van der Waals surface area contributed by atoms with Crippen molar-refractivity contribution in [3.05, 3.63) is 29.3 Å². The molecule has 0 radical (unpaired) electrons. The standard InChI is InChI=1S/C14H21F2NOS/c1-3-5-17-9-11-7-12(15)14(13(16)8-11)19-10(2)4-6-18/h7-8,10,17-18H,3-6,9H2,1-2H3. The highest BCUT2D eigenvalue weighted by Crippen LogP contribution is 2.30. The molecule has 1 unspecified atom stereocenters. The van der Waals surface area contributed by atoms with Gasteiger partial charge in [0.05, 0.1) is 4.90 Å². The SMILES string of the molecule is CCCNCc1cc(F)c(SC(C)CCO)c(F)c1. The highest BCUT2D eigenvalue weighted by Gasteiger charge is 2.15. The minimum absolute atomic E-state index is 0.0157. The number of hydrogen-bond donors (Lipinski definition) is 2. The van der Waals surface area contributed by atoms with Crippen molar-refractivity contribution in [1.29, 1.82) is 0 Å². The summed E-state index contributed by atoms with van der Waals surface area (Å²) < 4.78 is 27.7. The number of nitrogens with one attached hydrogen (secondary N) is 1. The lowest BCUT2D eigenvalue weighted by Gasteiger charge is -2.12. The molecule has 0 aliphatic heterocycles. The number of benzene rings is 1. The molecular weight excluding hydrogens is 268 g/mol. The predicted molar refractivity (Wildman–Crippen MR) is 75.4 cm³/mol. The van der Waals surface area contributed by atoms with Gasteiger partial charge in [-0.05, 0) is 37.1 Å². The molecule has 2 nitrogen and oxygen atoms in total. The van der Waals surface area contributed by atoms with Gasteiger partial charge in [0.15, 0.2) is 0 Å². The van der Waals surface area contributed by atoms with E-state index >= 15 is 0 Å². The second-order valence-corrected chi connectivity index (χ2v) is 5.95. The fraction of sp³-hybridized carbons (Fsp3) is 0.571. The molecule has 0 heterocycles. The highest BCUT2D eigenvalue weighted by molar-refractivity contribution is 8.00. The molecule has 5 heteroatoms. The van der Waals surface area contributed by atoms with E-state index in [9.17, 15) is 8.78 Å². The lowest BCUT2D eigenvalue weighted by atomic mass is 10.2. The van der Waals surface area contributed by atoms with Crippen LogP contribution >= 0.6 is 11.8 Å². The van der Waals surface area contributed by atoms with Crippen LogP contribution in [0.2, 0.25) is 0 Å². The number of hydrogen-bond acceptors (Lipinski definition) is 3. The molecule has 108 valence electrons. The molecule has 0 saturated carbocycles. The van der Waals surface area contributed by atoms with E-state index in [2.05, 4.69) is 5.32 Å². The van der Waals surface area contributed by atoms with E-state index < -0.39 is 11.6 Å². The largest absolute Gasteiger partial charge is 0.396 e. The quantitative estimate of drug-likeness (QED) is 0.569. The Kier molecular flexibility index (Phi) is 7.34. The number of aliphatic hydroxyl groups excluding tert-OH is 1. The van der Waals surface area contributed by atoms with Crippen LogP contribution in [0.25, 0.3) is 0 Å². The lowest BCUT2D eigenvalue weighted by Crippen LogP contribution is -2.14. The number of thioether (sulfide) groups is 1. The van der Waals surface area contributed by atoms with E-state index in [1.165, 1.54) is 12.1 Å². The molecular formula is C14H21F2NOS. The van der Waals surface area contributed by atoms with Gasteiger partial charge in [0.25, 0.3) is 0 Å². The molecule has 0 spiro atoms. The number of halogens is 2. The van der Waals surface area contributed by atoms with Gasteiger partial charge < -0.3 is 10.4 Å². The molecule has 0 aromatic heterocycles. The van der Waals surface area contributed by atoms with Crippen LogP contribution in [0.3, 0.4) is 0 Å². The highest BCUT2D eigenvalue weighted by atomic mass is 32.2. The van der Waals surface area contributed by atoms with Gasteiger partial charge in [0.2, 0.25) is 0 Å². The third kappa shape index (κ3) is 5.47. The average Bonchev–Trinajstić information content (AvgIpc) is 2.34. The van der Waals surface area contributed by atoms with Crippen molar-refractivity contribution in [2.24, 2.45) is 0 Å². The summed E-state index contributed by atoms with van der Waals surface area (Å²) in [4.78, 5) is 0.0418. The molecule has 1 atom stereocenters. The fourth-order valence-corrected chi connectivity index (χ4v) is 2.65. The molecule has 0 fully saturated rings. The number of aliphatic hydroxyl groups is 1. The average molecular weight is 289 g/mol. The van der Waals surface area contributed by atoms with Crippen LogP contribution in [0.1, 0.15) is 32.3 Å². The Morgan fingerprint density at radius 1 is 1.32 bits per heavy atom. The van der Waals surface area contributed by atoms with E-state index in [4.69, 9.17) is 5.11 Å². The minimum atomic E-state index is -0.525. The third-order valence-electron chi connectivity index (χ3n) is 2.67. The number of rotatable bonds is 8.